The van der Waals surface area contributed by atoms with Crippen LogP contribution in [0.25, 0.3) is 6.08 Å². The minimum Gasteiger partial charge on any atom is -0.489 e. The number of nitro groups is 1. The quantitative estimate of drug-likeness (QED) is 0.197. The van der Waals surface area contributed by atoms with E-state index in [-0.39, 0.29) is 22.0 Å². The Balaban J connectivity index is 1.73. The molecule has 3 rings (SSSR count). The maximum Gasteiger partial charge on any atom is 0.289 e. The van der Waals surface area contributed by atoms with Gasteiger partial charge in [-0.05, 0) is 53.6 Å². The molecule has 0 bridgehead atoms. The zero-order valence-corrected chi connectivity index (χ0v) is 17.9. The fourth-order valence-electron chi connectivity index (χ4n) is 2.69. The Morgan fingerprint density at radius 1 is 1.12 bits per heavy atom. The lowest BCUT2D eigenvalue weighted by Crippen LogP contribution is -2.13. The first kappa shape index (κ1) is 22.8. The molecule has 0 saturated carbocycles. The maximum absolute atomic E-state index is 12.5. The molecule has 0 fully saturated rings. The molecule has 0 aliphatic rings. The molecule has 9 heteroatoms. The van der Waals surface area contributed by atoms with Crippen LogP contribution in [0.15, 0.2) is 72.3 Å². The molecule has 3 aromatic rings. The van der Waals surface area contributed by atoms with Crippen molar-refractivity contribution < 1.29 is 14.5 Å². The van der Waals surface area contributed by atoms with Crippen LogP contribution in [0.2, 0.25) is 10.0 Å². The van der Waals surface area contributed by atoms with E-state index in [9.17, 15) is 20.2 Å². The molecule has 0 unspecified atom stereocenters. The molecule has 160 valence electrons. The normalized spacial score (nSPS) is 10.8. The first-order valence-corrected chi connectivity index (χ1v) is 9.95. The van der Waals surface area contributed by atoms with Crippen LogP contribution in [-0.2, 0) is 11.4 Å². The molecule has 0 saturated heterocycles. The van der Waals surface area contributed by atoms with Gasteiger partial charge >= 0.3 is 0 Å². The van der Waals surface area contributed by atoms with Crippen molar-refractivity contribution in [2.75, 3.05) is 5.32 Å². The number of ether oxygens (including phenoxy) is 1. The summed E-state index contributed by atoms with van der Waals surface area (Å²) >= 11 is 11.7. The molecule has 0 atom stereocenters. The molecule has 7 nitrogen and oxygen atoms in total. The van der Waals surface area contributed by atoms with Gasteiger partial charge in [-0.1, -0.05) is 47.5 Å². The molecule has 0 spiro atoms. The van der Waals surface area contributed by atoms with Crippen molar-refractivity contribution in [2.24, 2.45) is 0 Å². The van der Waals surface area contributed by atoms with Crippen LogP contribution in [0.1, 0.15) is 11.1 Å². The number of halogens is 2. The van der Waals surface area contributed by atoms with Crippen LogP contribution in [0.3, 0.4) is 0 Å². The van der Waals surface area contributed by atoms with Gasteiger partial charge in [0.2, 0.25) is 0 Å². The average Bonchev–Trinajstić information content (AvgIpc) is 2.78. The molecule has 32 heavy (non-hydrogen) atoms. The van der Waals surface area contributed by atoms with Gasteiger partial charge < -0.3 is 10.1 Å². The Morgan fingerprint density at radius 2 is 1.88 bits per heavy atom. The summed E-state index contributed by atoms with van der Waals surface area (Å²) in [6.07, 6.45) is 1.40. The second-order valence-corrected chi connectivity index (χ2v) is 7.38. The Hall–Kier alpha value is -3.86. The number of nitrogens with zero attached hydrogens (tertiary/aromatic N) is 2. The van der Waals surface area contributed by atoms with E-state index in [1.807, 2.05) is 18.2 Å². The highest BCUT2D eigenvalue weighted by molar-refractivity contribution is 6.32. The first-order chi connectivity index (χ1) is 15.4. The van der Waals surface area contributed by atoms with Gasteiger partial charge in [-0.15, -0.1) is 0 Å². The van der Waals surface area contributed by atoms with Gasteiger partial charge in [0.05, 0.1) is 4.92 Å². The van der Waals surface area contributed by atoms with Crippen LogP contribution in [0, 0.1) is 21.4 Å². The lowest BCUT2D eigenvalue weighted by Gasteiger charge is -2.08. The van der Waals surface area contributed by atoms with Crippen LogP contribution >= 0.6 is 23.2 Å². The van der Waals surface area contributed by atoms with Crippen LogP contribution in [0.4, 0.5) is 11.4 Å². The third kappa shape index (κ3) is 6.08. The Kier molecular flexibility index (Phi) is 7.45. The van der Waals surface area contributed by atoms with E-state index < -0.39 is 10.8 Å². The van der Waals surface area contributed by atoms with Gasteiger partial charge in [0.1, 0.15) is 29.0 Å². The molecular weight excluding hydrogens is 453 g/mol. The third-order valence-corrected chi connectivity index (χ3v) is 4.83. The number of hydrogen-bond acceptors (Lipinski definition) is 5. The number of benzene rings is 3. The summed E-state index contributed by atoms with van der Waals surface area (Å²) in [6.45, 7) is 0.325. The van der Waals surface area contributed by atoms with Crippen LogP contribution in [-0.4, -0.2) is 10.8 Å². The zero-order chi connectivity index (χ0) is 23.1. The van der Waals surface area contributed by atoms with E-state index in [4.69, 9.17) is 27.9 Å². The van der Waals surface area contributed by atoms with Crippen molar-refractivity contribution >= 4 is 46.6 Å². The smallest absolute Gasteiger partial charge is 0.289 e. The van der Waals surface area contributed by atoms with Gasteiger partial charge in [0.15, 0.2) is 0 Å². The predicted molar refractivity (Wildman–Crippen MR) is 123 cm³/mol. The number of hydrogen-bond donors (Lipinski definition) is 1. The summed E-state index contributed by atoms with van der Waals surface area (Å²) in [5, 5.41) is 23.5. The second kappa shape index (κ2) is 10.4. The molecule has 0 aromatic heterocycles. The van der Waals surface area contributed by atoms with Gasteiger partial charge in [0.25, 0.3) is 11.6 Å². The molecule has 1 N–H and O–H groups in total. The molecule has 0 radical (unpaired) electrons. The minimum atomic E-state index is -0.711. The van der Waals surface area contributed by atoms with Gasteiger partial charge in [-0.2, -0.15) is 5.26 Å². The number of anilines is 1. The summed E-state index contributed by atoms with van der Waals surface area (Å²) in [7, 11) is 0. The van der Waals surface area contributed by atoms with E-state index in [0.717, 1.165) is 11.6 Å². The molecule has 0 heterocycles. The van der Waals surface area contributed by atoms with Crippen LogP contribution < -0.4 is 10.1 Å². The standard InChI is InChI=1S/C23H15Cl2N3O4/c24-18-6-4-15(5-7-18)14-32-20-3-1-2-16(11-20)10-17(13-26)23(29)27-19-8-9-21(25)22(12-19)28(30)31/h1-12H,14H2,(H,27,29)/b17-10+. The molecule has 1 amide bonds. The Morgan fingerprint density at radius 3 is 2.56 bits per heavy atom. The monoisotopic (exact) mass is 467 g/mol. The van der Waals surface area contributed by atoms with Gasteiger partial charge in [0, 0.05) is 16.8 Å². The summed E-state index contributed by atoms with van der Waals surface area (Å²) in [4.78, 5) is 22.8. The number of nitrogens with one attached hydrogen (secondary N) is 1. The maximum atomic E-state index is 12.5. The highest BCUT2D eigenvalue weighted by Crippen LogP contribution is 2.27. The van der Waals surface area contributed by atoms with E-state index in [0.29, 0.717) is 22.9 Å². The number of amides is 1. The largest absolute Gasteiger partial charge is 0.489 e. The van der Waals surface area contributed by atoms with Crippen molar-refractivity contribution in [1.29, 1.82) is 5.26 Å². The van der Waals surface area contributed by atoms with Gasteiger partial charge in [-0.25, -0.2) is 0 Å². The topological polar surface area (TPSA) is 105 Å². The average molecular weight is 468 g/mol. The SMILES string of the molecule is N#C/C(=C\c1cccc(OCc2ccc(Cl)cc2)c1)C(=O)Nc1ccc(Cl)c([N+](=O)[O-])c1. The second-order valence-electron chi connectivity index (χ2n) is 6.53. The van der Waals surface area contributed by atoms with E-state index >= 15 is 0 Å². The number of nitro benzene ring substituents is 1. The van der Waals surface area contributed by atoms with Crippen LogP contribution in [0.5, 0.6) is 5.75 Å². The molecule has 0 aliphatic heterocycles. The summed E-state index contributed by atoms with van der Waals surface area (Å²) < 4.78 is 5.76. The van der Waals surface area contributed by atoms with E-state index in [1.54, 1.807) is 36.4 Å². The highest BCUT2D eigenvalue weighted by atomic mass is 35.5. The fourth-order valence-corrected chi connectivity index (χ4v) is 3.00. The number of carbonyl (C=O) groups excluding carboxylic acids is 1. The Labute approximate surface area is 193 Å². The highest BCUT2D eigenvalue weighted by Gasteiger charge is 2.15. The number of rotatable bonds is 7. The fraction of sp³-hybridized carbons (Fsp3) is 0.0435. The molecule has 0 aliphatic carbocycles. The third-order valence-electron chi connectivity index (χ3n) is 4.25. The number of carbonyl (C=O) groups is 1. The van der Waals surface area contributed by atoms with Gasteiger partial charge in [-0.3, -0.25) is 14.9 Å². The van der Waals surface area contributed by atoms with Crippen molar-refractivity contribution in [3.8, 4) is 11.8 Å². The minimum absolute atomic E-state index is 0.0561. The summed E-state index contributed by atoms with van der Waals surface area (Å²) in [5.74, 6) is -0.156. The van der Waals surface area contributed by atoms with Crippen molar-refractivity contribution in [2.45, 2.75) is 6.61 Å². The van der Waals surface area contributed by atoms with E-state index in [2.05, 4.69) is 5.32 Å². The lowest BCUT2D eigenvalue weighted by atomic mass is 10.1. The van der Waals surface area contributed by atoms with E-state index in [1.165, 1.54) is 18.2 Å². The number of nitriles is 1. The van der Waals surface area contributed by atoms with Crippen molar-refractivity contribution in [3.63, 3.8) is 0 Å². The molecule has 3 aromatic carbocycles. The summed E-state index contributed by atoms with van der Waals surface area (Å²) in [6, 6.07) is 19.8. The lowest BCUT2D eigenvalue weighted by molar-refractivity contribution is -0.384. The summed E-state index contributed by atoms with van der Waals surface area (Å²) in [5.41, 5.74) is 1.12. The predicted octanol–water partition coefficient (Wildman–Crippen LogP) is 6.03. The first-order valence-electron chi connectivity index (χ1n) is 9.20. The zero-order valence-electron chi connectivity index (χ0n) is 16.4. The van der Waals surface area contributed by atoms with Crippen molar-refractivity contribution in [3.05, 3.63) is 104 Å². The molecular formula is C23H15Cl2N3O4. The Bertz CT molecular complexity index is 1230. The van der Waals surface area contributed by atoms with Crippen molar-refractivity contribution in [1.82, 2.24) is 0 Å².